The molecule has 0 atom stereocenters. The van der Waals surface area contributed by atoms with Crippen LogP contribution < -0.4 is 14.8 Å². The van der Waals surface area contributed by atoms with Crippen LogP contribution in [0.1, 0.15) is 16.8 Å². The molecule has 2 heterocycles. The van der Waals surface area contributed by atoms with Gasteiger partial charge in [-0.25, -0.2) is 18.1 Å². The first kappa shape index (κ1) is 26.4. The minimum atomic E-state index is -4.45. The molecule has 0 unspecified atom stereocenters. The molecule has 0 aliphatic heterocycles. The number of nitrogens with zero attached hydrogens (tertiary/aromatic N) is 3. The minimum absolute atomic E-state index is 0.0223. The number of benzene rings is 3. The molecule has 3 aromatic carbocycles. The number of para-hydroxylation sites is 1. The predicted octanol–water partition coefficient (Wildman–Crippen LogP) is 4.69. The Morgan fingerprint density at radius 1 is 1.10 bits per heavy atom. The zero-order valence-corrected chi connectivity index (χ0v) is 21.8. The van der Waals surface area contributed by atoms with Crippen LogP contribution in [0.2, 0.25) is 0 Å². The van der Waals surface area contributed by atoms with E-state index >= 15 is 0 Å². The standard InChI is InChI=1S/C27H24N6O6S/c34-27(22-4-1-2-5-26(22)39-20-6-8-23-19(16-20)10-12-30-23)31-40(37,38)21-7-9-24(25(17-21)33(35)36)29-11-3-14-32-15-13-28-18-32/h1-2,4-10,12-13,15-18,29-30H,3,11,14H2,(H,31,34). The highest BCUT2D eigenvalue weighted by Gasteiger charge is 2.25. The number of sulfonamides is 1. The highest BCUT2D eigenvalue weighted by Crippen LogP contribution is 2.30. The fourth-order valence-corrected chi connectivity index (χ4v) is 5.07. The fraction of sp³-hybridized carbons (Fsp3) is 0.111. The van der Waals surface area contributed by atoms with Crippen LogP contribution in [0.3, 0.4) is 0 Å². The number of aromatic amines is 1. The monoisotopic (exact) mass is 560 g/mol. The van der Waals surface area contributed by atoms with Crippen LogP contribution in [0.25, 0.3) is 10.9 Å². The largest absolute Gasteiger partial charge is 0.457 e. The quantitative estimate of drug-likeness (QED) is 0.119. The van der Waals surface area contributed by atoms with Gasteiger partial charge in [-0.1, -0.05) is 12.1 Å². The van der Waals surface area contributed by atoms with Crippen molar-refractivity contribution in [1.82, 2.24) is 19.3 Å². The number of amides is 1. The smallest absolute Gasteiger partial charge is 0.293 e. The Morgan fingerprint density at radius 3 is 2.75 bits per heavy atom. The summed E-state index contributed by atoms with van der Waals surface area (Å²) in [6.07, 6.45) is 7.58. The maximum absolute atomic E-state index is 13.1. The Hall–Kier alpha value is -5.17. The number of ether oxygens (including phenoxy) is 1. The number of nitro benzene ring substituents is 1. The first-order valence-corrected chi connectivity index (χ1v) is 13.7. The molecule has 5 aromatic rings. The zero-order valence-electron chi connectivity index (χ0n) is 21.0. The number of rotatable bonds is 11. The number of imidazole rings is 1. The Balaban J connectivity index is 1.30. The number of aryl methyl sites for hydroxylation is 1. The summed E-state index contributed by atoms with van der Waals surface area (Å²) in [5.74, 6) is -0.340. The number of hydrogen-bond acceptors (Lipinski definition) is 8. The molecule has 13 heteroatoms. The molecule has 0 saturated heterocycles. The molecule has 5 rings (SSSR count). The first-order chi connectivity index (χ1) is 19.3. The van der Waals surface area contributed by atoms with E-state index in [0.717, 1.165) is 17.0 Å². The Morgan fingerprint density at radius 2 is 1.95 bits per heavy atom. The molecule has 40 heavy (non-hydrogen) atoms. The van der Waals surface area contributed by atoms with Gasteiger partial charge in [0.15, 0.2) is 0 Å². The number of carbonyl (C=O) groups is 1. The molecule has 0 spiro atoms. The van der Waals surface area contributed by atoms with Gasteiger partial charge in [-0.05, 0) is 55.0 Å². The number of nitro groups is 1. The zero-order chi connectivity index (χ0) is 28.1. The lowest BCUT2D eigenvalue weighted by molar-refractivity contribution is -0.384. The van der Waals surface area contributed by atoms with Gasteiger partial charge in [-0.15, -0.1) is 0 Å². The summed E-state index contributed by atoms with van der Waals surface area (Å²) < 4.78 is 35.9. The van der Waals surface area contributed by atoms with Gasteiger partial charge >= 0.3 is 0 Å². The molecule has 0 saturated carbocycles. The van der Waals surface area contributed by atoms with Crippen LogP contribution >= 0.6 is 0 Å². The van der Waals surface area contributed by atoms with Crippen molar-refractivity contribution < 1.29 is 22.9 Å². The molecule has 0 bridgehead atoms. The van der Waals surface area contributed by atoms with E-state index in [4.69, 9.17) is 4.74 Å². The summed E-state index contributed by atoms with van der Waals surface area (Å²) in [6, 6.07) is 16.8. The van der Waals surface area contributed by atoms with Crippen molar-refractivity contribution in [3.05, 3.63) is 107 Å². The van der Waals surface area contributed by atoms with Crippen LogP contribution in [-0.2, 0) is 16.6 Å². The van der Waals surface area contributed by atoms with Crippen molar-refractivity contribution in [1.29, 1.82) is 0 Å². The molecule has 1 amide bonds. The average Bonchev–Trinajstić information content (AvgIpc) is 3.63. The van der Waals surface area contributed by atoms with E-state index in [2.05, 4.69) is 15.3 Å². The van der Waals surface area contributed by atoms with Crippen LogP contribution in [0.5, 0.6) is 11.5 Å². The first-order valence-electron chi connectivity index (χ1n) is 12.2. The molecule has 0 aliphatic carbocycles. The van der Waals surface area contributed by atoms with E-state index in [1.807, 2.05) is 27.6 Å². The summed E-state index contributed by atoms with van der Waals surface area (Å²) in [5, 5.41) is 15.6. The minimum Gasteiger partial charge on any atom is -0.457 e. The van der Waals surface area contributed by atoms with Gasteiger partial charge in [0.05, 0.1) is 21.7 Å². The topological polar surface area (TPSA) is 161 Å². The van der Waals surface area contributed by atoms with Crippen molar-refractivity contribution >= 4 is 38.2 Å². The van der Waals surface area contributed by atoms with Crippen molar-refractivity contribution in [2.75, 3.05) is 11.9 Å². The van der Waals surface area contributed by atoms with E-state index in [-0.39, 0.29) is 17.0 Å². The van der Waals surface area contributed by atoms with Gasteiger partial charge in [0.2, 0.25) is 0 Å². The van der Waals surface area contributed by atoms with E-state index in [1.165, 1.54) is 18.2 Å². The molecular weight excluding hydrogens is 536 g/mol. The number of carbonyl (C=O) groups excluding carboxylic acids is 1. The molecule has 0 radical (unpaired) electrons. The maximum Gasteiger partial charge on any atom is 0.293 e. The lowest BCUT2D eigenvalue weighted by atomic mass is 10.2. The third kappa shape index (κ3) is 5.94. The second kappa shape index (κ2) is 11.3. The van der Waals surface area contributed by atoms with Crippen LogP contribution in [-0.4, -0.2) is 40.3 Å². The molecule has 204 valence electrons. The lowest BCUT2D eigenvalue weighted by Crippen LogP contribution is -2.30. The molecule has 2 aromatic heterocycles. The summed E-state index contributed by atoms with van der Waals surface area (Å²) in [6.45, 7) is 1.07. The van der Waals surface area contributed by atoms with Crippen molar-refractivity contribution in [2.24, 2.45) is 0 Å². The van der Waals surface area contributed by atoms with Gasteiger partial charge in [-0.2, -0.15) is 0 Å². The molecular formula is C27H24N6O6S. The van der Waals surface area contributed by atoms with E-state index in [1.54, 1.807) is 49.1 Å². The third-order valence-electron chi connectivity index (χ3n) is 6.06. The number of fused-ring (bicyclic) bond motifs is 1. The van der Waals surface area contributed by atoms with Gasteiger partial charge in [0.1, 0.15) is 17.2 Å². The van der Waals surface area contributed by atoms with Crippen molar-refractivity contribution in [3.63, 3.8) is 0 Å². The van der Waals surface area contributed by atoms with Crippen LogP contribution in [0.15, 0.2) is 96.5 Å². The Kier molecular flexibility index (Phi) is 7.46. The molecule has 3 N–H and O–H groups in total. The molecule has 12 nitrogen and oxygen atoms in total. The van der Waals surface area contributed by atoms with Gasteiger partial charge in [0.25, 0.3) is 21.6 Å². The highest BCUT2D eigenvalue weighted by molar-refractivity contribution is 7.90. The van der Waals surface area contributed by atoms with E-state index < -0.39 is 31.4 Å². The lowest BCUT2D eigenvalue weighted by Gasteiger charge is -2.13. The van der Waals surface area contributed by atoms with E-state index in [0.29, 0.717) is 25.3 Å². The number of hydrogen-bond donors (Lipinski definition) is 3. The van der Waals surface area contributed by atoms with Crippen LogP contribution in [0.4, 0.5) is 11.4 Å². The Labute approximate surface area is 228 Å². The number of anilines is 1. The molecule has 0 aliphatic rings. The predicted molar refractivity (Wildman–Crippen MR) is 148 cm³/mol. The van der Waals surface area contributed by atoms with Crippen LogP contribution in [0, 0.1) is 10.1 Å². The molecule has 0 fully saturated rings. The Bertz CT molecular complexity index is 1780. The van der Waals surface area contributed by atoms with Crippen molar-refractivity contribution in [3.8, 4) is 11.5 Å². The fourth-order valence-electron chi connectivity index (χ4n) is 4.08. The number of H-pyrrole nitrogens is 1. The van der Waals surface area contributed by atoms with Gasteiger partial charge < -0.3 is 19.6 Å². The number of aromatic nitrogens is 3. The maximum atomic E-state index is 13.1. The highest BCUT2D eigenvalue weighted by atomic mass is 32.2. The van der Waals surface area contributed by atoms with Gasteiger partial charge in [-0.3, -0.25) is 14.9 Å². The SMILES string of the molecule is O=C(NS(=O)(=O)c1ccc(NCCCn2ccnc2)c([N+](=O)[O-])c1)c1ccccc1Oc1ccc2[nH]ccc2c1. The normalized spacial score (nSPS) is 11.3. The summed E-state index contributed by atoms with van der Waals surface area (Å²) in [5.41, 5.74) is 0.626. The number of nitrogens with one attached hydrogen (secondary N) is 3. The van der Waals surface area contributed by atoms with Gasteiger partial charge in [0, 0.05) is 48.6 Å². The summed E-state index contributed by atoms with van der Waals surface area (Å²) in [4.78, 5) is 30.7. The van der Waals surface area contributed by atoms with E-state index in [9.17, 15) is 23.3 Å². The third-order valence-corrected chi connectivity index (χ3v) is 7.38. The average molecular weight is 561 g/mol. The second-order valence-electron chi connectivity index (χ2n) is 8.78. The van der Waals surface area contributed by atoms with Crippen molar-refractivity contribution in [2.45, 2.75) is 17.9 Å². The summed E-state index contributed by atoms with van der Waals surface area (Å²) >= 11 is 0. The summed E-state index contributed by atoms with van der Waals surface area (Å²) in [7, 11) is -4.45. The second-order valence-corrected chi connectivity index (χ2v) is 10.5.